The second-order valence-corrected chi connectivity index (χ2v) is 3.00. The maximum atomic E-state index is 5.60. The van der Waals surface area contributed by atoms with Gasteiger partial charge in [-0.05, 0) is 0 Å². The first-order valence-corrected chi connectivity index (χ1v) is 3.55. The molecular weight excluding hydrogens is 182 g/mol. The molecule has 1 aromatic carbocycles. The molecule has 0 aliphatic heterocycles. The molecule has 0 saturated carbocycles. The molecule has 0 aromatic heterocycles. The second-order valence-electron chi connectivity index (χ2n) is 1.48. The molecule has 0 atom stereocenters. The van der Waals surface area contributed by atoms with Crippen LogP contribution in [0.5, 0.6) is 0 Å². The molecule has 0 fully saturated rings. The van der Waals surface area contributed by atoms with Crippen LogP contribution in [0.4, 0.5) is 0 Å². The van der Waals surface area contributed by atoms with Crippen LogP contribution in [0.1, 0.15) is 0 Å². The van der Waals surface area contributed by atoms with Gasteiger partial charge in [-0.2, -0.15) is 0 Å². The van der Waals surface area contributed by atoms with Crippen molar-refractivity contribution in [2.45, 2.75) is 0 Å². The van der Waals surface area contributed by atoms with Crippen molar-refractivity contribution in [3.63, 3.8) is 0 Å². The average molecular weight is 186 g/mol. The van der Waals surface area contributed by atoms with Gasteiger partial charge >= 0.3 is 62.1 Å². The van der Waals surface area contributed by atoms with Gasteiger partial charge < -0.3 is 0 Å². The van der Waals surface area contributed by atoms with E-state index in [1.54, 1.807) is 0 Å². The van der Waals surface area contributed by atoms with Gasteiger partial charge in [-0.15, -0.1) is 0 Å². The Balaban J connectivity index is 3.03. The van der Waals surface area contributed by atoms with E-state index in [0.717, 1.165) is 5.02 Å². The molecule has 0 bridgehead atoms. The Morgan fingerprint density at radius 2 is 1.62 bits per heavy atom. The summed E-state index contributed by atoms with van der Waals surface area (Å²) in [6.07, 6.45) is 0. The van der Waals surface area contributed by atoms with E-state index in [0.29, 0.717) is 0 Å². The molecule has 0 N–H and O–H groups in total. The summed E-state index contributed by atoms with van der Waals surface area (Å²) in [6, 6.07) is 7.66. The van der Waals surface area contributed by atoms with Crippen molar-refractivity contribution in [3.05, 3.63) is 29.3 Å². The summed E-state index contributed by atoms with van der Waals surface area (Å²) in [6.45, 7) is 0. The molecule has 0 nitrogen and oxygen atoms in total. The molecule has 0 aliphatic carbocycles. The number of halogens is 1. The molecule has 0 amide bonds. The SMILES string of the molecule is Clc1ccc([As])cc1. The van der Waals surface area contributed by atoms with E-state index in [2.05, 4.69) is 16.9 Å². The molecule has 0 aliphatic rings. The monoisotopic (exact) mass is 186 g/mol. The fourth-order valence-corrected chi connectivity index (χ4v) is 0.880. The zero-order valence-corrected chi connectivity index (χ0v) is 6.77. The van der Waals surface area contributed by atoms with E-state index in [-0.39, 0.29) is 0 Å². The Labute approximate surface area is 62.4 Å². The second kappa shape index (κ2) is 2.57. The quantitative estimate of drug-likeness (QED) is 0.533. The summed E-state index contributed by atoms with van der Waals surface area (Å²) in [4.78, 5) is 0. The summed E-state index contributed by atoms with van der Waals surface area (Å²) in [5.41, 5.74) is 0. The summed E-state index contributed by atoms with van der Waals surface area (Å²) in [5, 5.41) is 0.791. The number of rotatable bonds is 0. The molecule has 8 heavy (non-hydrogen) atoms. The van der Waals surface area contributed by atoms with Crippen LogP contribution in [0.25, 0.3) is 0 Å². The van der Waals surface area contributed by atoms with Crippen LogP contribution in [-0.4, -0.2) is 16.9 Å². The van der Waals surface area contributed by atoms with Crippen molar-refractivity contribution in [1.82, 2.24) is 0 Å². The maximum absolute atomic E-state index is 5.60. The number of hydrogen-bond acceptors (Lipinski definition) is 0. The Hall–Kier alpha value is 0.0684. The predicted molar refractivity (Wildman–Crippen MR) is 36.8 cm³/mol. The third-order valence-electron chi connectivity index (χ3n) is 0.827. The molecule has 1 rings (SSSR count). The van der Waals surface area contributed by atoms with Gasteiger partial charge in [0.25, 0.3) is 0 Å². The van der Waals surface area contributed by atoms with Crippen molar-refractivity contribution >= 4 is 32.8 Å². The summed E-state index contributed by atoms with van der Waals surface area (Å²) < 4.78 is 1.18. The minimum absolute atomic E-state index is 0.791. The van der Waals surface area contributed by atoms with Crippen LogP contribution in [0, 0.1) is 0 Å². The number of hydrogen-bond donors (Lipinski definition) is 0. The van der Waals surface area contributed by atoms with Gasteiger partial charge in [0.15, 0.2) is 0 Å². The van der Waals surface area contributed by atoms with E-state index in [4.69, 9.17) is 11.6 Å². The molecule has 0 unspecified atom stereocenters. The number of benzene rings is 1. The van der Waals surface area contributed by atoms with Crippen molar-refractivity contribution < 1.29 is 0 Å². The normalized spacial score (nSPS) is 9.25. The first-order chi connectivity index (χ1) is 3.79. The molecule has 1 aromatic rings. The van der Waals surface area contributed by atoms with Crippen molar-refractivity contribution in [3.8, 4) is 0 Å². The molecule has 2 radical (unpaired) electrons. The minimum atomic E-state index is 0.791. The van der Waals surface area contributed by atoms with Crippen molar-refractivity contribution in [2.24, 2.45) is 0 Å². The molecule has 0 saturated heterocycles. The van der Waals surface area contributed by atoms with E-state index in [9.17, 15) is 0 Å². The first kappa shape index (κ1) is 6.19. The van der Waals surface area contributed by atoms with Crippen LogP contribution < -0.4 is 4.35 Å². The summed E-state index contributed by atoms with van der Waals surface area (Å²) >= 11 is 8.06. The van der Waals surface area contributed by atoms with Gasteiger partial charge in [0.05, 0.1) is 0 Å². The third-order valence-corrected chi connectivity index (χ3v) is 1.70. The van der Waals surface area contributed by atoms with Gasteiger partial charge in [0.1, 0.15) is 0 Å². The first-order valence-electron chi connectivity index (χ1n) is 2.23. The average Bonchev–Trinajstić information content (AvgIpc) is 1.77. The van der Waals surface area contributed by atoms with Gasteiger partial charge in [-0.25, -0.2) is 0 Å². The molecule has 40 valence electrons. The zero-order chi connectivity index (χ0) is 5.98. The van der Waals surface area contributed by atoms with Gasteiger partial charge in [-0.3, -0.25) is 0 Å². The van der Waals surface area contributed by atoms with Crippen LogP contribution >= 0.6 is 11.6 Å². The predicted octanol–water partition coefficient (Wildman–Crippen LogP) is 1.13. The standard InChI is InChI=1S/C6H4AsCl/c7-5-1-3-6(8)4-2-5/h1-4H. The van der Waals surface area contributed by atoms with E-state index in [1.807, 2.05) is 24.3 Å². The van der Waals surface area contributed by atoms with Crippen molar-refractivity contribution in [1.29, 1.82) is 0 Å². The van der Waals surface area contributed by atoms with E-state index >= 15 is 0 Å². The Morgan fingerprint density at radius 3 is 2.00 bits per heavy atom. The summed E-state index contributed by atoms with van der Waals surface area (Å²) in [5.74, 6) is 0. The Bertz CT molecular complexity index is 147. The fourth-order valence-electron chi connectivity index (χ4n) is 0.441. The van der Waals surface area contributed by atoms with Crippen LogP contribution in [0.15, 0.2) is 24.3 Å². The van der Waals surface area contributed by atoms with Crippen LogP contribution in [-0.2, 0) is 0 Å². The fraction of sp³-hybridized carbons (Fsp3) is 0. The molecule has 0 spiro atoms. The van der Waals surface area contributed by atoms with Crippen LogP contribution in [0.3, 0.4) is 0 Å². The van der Waals surface area contributed by atoms with E-state index in [1.165, 1.54) is 4.35 Å². The summed E-state index contributed by atoms with van der Waals surface area (Å²) in [7, 11) is 0. The molecule has 2 heteroatoms. The third kappa shape index (κ3) is 1.54. The van der Waals surface area contributed by atoms with Crippen molar-refractivity contribution in [2.75, 3.05) is 0 Å². The zero-order valence-electron chi connectivity index (χ0n) is 4.13. The van der Waals surface area contributed by atoms with Gasteiger partial charge in [0, 0.05) is 0 Å². The van der Waals surface area contributed by atoms with Gasteiger partial charge in [-0.1, -0.05) is 0 Å². The molecular formula is C6H4AsCl. The Kier molecular flexibility index (Phi) is 1.99. The topological polar surface area (TPSA) is 0 Å². The Morgan fingerprint density at radius 1 is 1.12 bits per heavy atom. The van der Waals surface area contributed by atoms with Crippen LogP contribution in [0.2, 0.25) is 5.02 Å². The van der Waals surface area contributed by atoms with Gasteiger partial charge in [0.2, 0.25) is 0 Å². The van der Waals surface area contributed by atoms with E-state index < -0.39 is 0 Å². The molecule has 0 heterocycles.